The van der Waals surface area contributed by atoms with E-state index in [2.05, 4.69) is 16.0 Å². The topological polar surface area (TPSA) is 155 Å². The Labute approximate surface area is 223 Å². The summed E-state index contributed by atoms with van der Waals surface area (Å²) < 4.78 is 15.8. The highest BCUT2D eigenvalue weighted by Crippen LogP contribution is 2.25. The highest BCUT2D eigenvalue weighted by Gasteiger charge is 2.48. The number of halogens is 2. The summed E-state index contributed by atoms with van der Waals surface area (Å²) in [6, 6.07) is 8.36. The lowest BCUT2D eigenvalue weighted by atomic mass is 9.96. The van der Waals surface area contributed by atoms with E-state index < -0.39 is 55.3 Å². The molecule has 200 valence electrons. The van der Waals surface area contributed by atoms with Gasteiger partial charge in [0.05, 0.1) is 0 Å². The number of nitrogens with one attached hydrogen (secondary N) is 3. The lowest BCUT2D eigenvalue weighted by Crippen LogP contribution is -2.65. The van der Waals surface area contributed by atoms with E-state index >= 15 is 0 Å². The second-order valence-electron chi connectivity index (χ2n) is 8.43. The van der Waals surface area contributed by atoms with Crippen molar-refractivity contribution in [1.29, 1.82) is 0 Å². The molecule has 5 N–H and O–H groups in total. The van der Waals surface area contributed by atoms with Crippen molar-refractivity contribution in [2.24, 2.45) is 0 Å². The lowest BCUT2D eigenvalue weighted by Gasteiger charge is -2.42. The van der Waals surface area contributed by atoms with Crippen LogP contribution in [0.15, 0.2) is 36.4 Å². The highest BCUT2D eigenvalue weighted by molar-refractivity contribution is 6.32. The van der Waals surface area contributed by atoms with Crippen LogP contribution >= 0.6 is 23.2 Å². The van der Waals surface area contributed by atoms with Crippen LogP contribution in [0.1, 0.15) is 18.1 Å². The third kappa shape index (κ3) is 7.70. The van der Waals surface area contributed by atoms with Crippen LogP contribution < -0.4 is 16.0 Å². The highest BCUT2D eigenvalue weighted by atomic mass is 35.5. The van der Waals surface area contributed by atoms with Gasteiger partial charge in [0.1, 0.15) is 24.9 Å². The maximum Gasteiger partial charge on any atom is 0.412 e. The van der Waals surface area contributed by atoms with Crippen molar-refractivity contribution in [3.63, 3.8) is 0 Å². The first-order valence-electron chi connectivity index (χ1n) is 11.2. The number of hydrogen-bond acceptors (Lipinski definition) is 8. The summed E-state index contributed by atoms with van der Waals surface area (Å²) in [5.41, 5.74) is 2.33. The average Bonchev–Trinajstić information content (AvgIpc) is 2.82. The van der Waals surface area contributed by atoms with Gasteiger partial charge in [-0.1, -0.05) is 35.3 Å². The van der Waals surface area contributed by atoms with E-state index in [1.165, 1.54) is 19.1 Å². The molecule has 0 radical (unpaired) electrons. The van der Waals surface area contributed by atoms with Gasteiger partial charge in [-0.05, 0) is 49.2 Å². The van der Waals surface area contributed by atoms with Gasteiger partial charge in [0.25, 0.3) is 0 Å². The van der Waals surface area contributed by atoms with E-state index in [1.54, 1.807) is 38.1 Å². The quantitative estimate of drug-likeness (QED) is 0.363. The first kappa shape index (κ1) is 28.5. The van der Waals surface area contributed by atoms with Crippen molar-refractivity contribution in [2.75, 3.05) is 17.2 Å². The fraction of sp³-hybridized carbons (Fsp3) is 0.375. The molecule has 0 aromatic heterocycles. The van der Waals surface area contributed by atoms with Gasteiger partial charge in [-0.15, -0.1) is 0 Å². The zero-order chi connectivity index (χ0) is 27.3. The molecule has 11 nitrogen and oxygen atoms in total. The third-order valence-corrected chi connectivity index (χ3v) is 6.34. The van der Waals surface area contributed by atoms with E-state index in [9.17, 15) is 24.6 Å². The first-order valence-corrected chi connectivity index (χ1v) is 11.9. The smallest absolute Gasteiger partial charge is 0.412 e. The molecule has 37 heavy (non-hydrogen) atoms. The van der Waals surface area contributed by atoms with Crippen LogP contribution in [0.25, 0.3) is 0 Å². The monoisotopic (exact) mass is 555 g/mol. The van der Waals surface area contributed by atoms with Gasteiger partial charge in [-0.25, -0.2) is 9.59 Å². The molecule has 0 spiro atoms. The zero-order valence-corrected chi connectivity index (χ0v) is 21.7. The van der Waals surface area contributed by atoms with Crippen LogP contribution in [0.4, 0.5) is 21.0 Å². The molecule has 5 atom stereocenters. The van der Waals surface area contributed by atoms with E-state index in [0.717, 1.165) is 11.1 Å². The number of anilines is 2. The van der Waals surface area contributed by atoms with Crippen molar-refractivity contribution in [3.05, 3.63) is 57.6 Å². The third-order valence-electron chi connectivity index (χ3n) is 5.52. The van der Waals surface area contributed by atoms with Gasteiger partial charge < -0.3 is 29.7 Å². The fourth-order valence-electron chi connectivity index (χ4n) is 3.52. The van der Waals surface area contributed by atoms with Crippen molar-refractivity contribution in [2.45, 2.75) is 51.4 Å². The van der Waals surface area contributed by atoms with E-state index in [1.807, 2.05) is 0 Å². The molecular weight excluding hydrogens is 529 g/mol. The second kappa shape index (κ2) is 12.4. The molecule has 3 rings (SSSR count). The minimum absolute atomic E-state index is 0.325. The van der Waals surface area contributed by atoms with E-state index in [0.29, 0.717) is 21.4 Å². The minimum Gasteiger partial charge on any atom is -0.446 e. The lowest BCUT2D eigenvalue weighted by molar-refractivity contribution is -0.252. The number of aryl methyl sites for hydroxylation is 2. The Kier molecular flexibility index (Phi) is 9.57. The maximum atomic E-state index is 12.6. The molecule has 0 unspecified atom stereocenters. The Balaban J connectivity index is 1.66. The molecule has 2 aromatic rings. The molecule has 1 aliphatic rings. The molecule has 0 saturated carbocycles. The summed E-state index contributed by atoms with van der Waals surface area (Å²) >= 11 is 12.1. The van der Waals surface area contributed by atoms with Crippen LogP contribution in [-0.2, 0) is 19.0 Å². The predicted molar refractivity (Wildman–Crippen MR) is 136 cm³/mol. The summed E-state index contributed by atoms with van der Waals surface area (Å²) in [4.78, 5) is 36.4. The molecule has 0 aliphatic carbocycles. The van der Waals surface area contributed by atoms with Gasteiger partial charge in [-0.2, -0.15) is 0 Å². The van der Waals surface area contributed by atoms with Gasteiger partial charge >= 0.3 is 12.2 Å². The summed E-state index contributed by atoms with van der Waals surface area (Å²) in [6.07, 6.45) is -7.89. The largest absolute Gasteiger partial charge is 0.446 e. The Morgan fingerprint density at radius 1 is 0.946 bits per heavy atom. The standard InChI is InChI=1S/C24H27Cl2N3O8/c1-11-4-6-14(8-16(11)25)28-23(33)35-10-18-20(31)21(19(22(32)36-18)27-13(3)30)37-24(34)29-15-7-5-12(2)17(26)9-15/h4-9,18-22,31-32H,10H2,1-3H3,(H,27,30)(H,28,33)(H,29,34)/t18-,19-,20-,21-,22-/m1/s1. The second-order valence-corrected chi connectivity index (χ2v) is 9.24. The van der Waals surface area contributed by atoms with Crippen LogP contribution in [-0.4, -0.2) is 65.6 Å². The average molecular weight is 556 g/mol. The van der Waals surface area contributed by atoms with Crippen molar-refractivity contribution in [1.82, 2.24) is 5.32 Å². The number of carbonyl (C=O) groups excluding carboxylic acids is 3. The molecule has 1 heterocycles. The van der Waals surface area contributed by atoms with Crippen LogP contribution in [0.3, 0.4) is 0 Å². The van der Waals surface area contributed by atoms with Crippen molar-refractivity contribution < 1.29 is 38.8 Å². The maximum absolute atomic E-state index is 12.6. The number of hydrogen-bond donors (Lipinski definition) is 5. The molecule has 1 aliphatic heterocycles. The fourth-order valence-corrected chi connectivity index (χ4v) is 3.88. The Morgan fingerprint density at radius 3 is 2.00 bits per heavy atom. The van der Waals surface area contributed by atoms with Crippen molar-refractivity contribution >= 4 is 52.7 Å². The molecule has 1 saturated heterocycles. The molecule has 3 amide bonds. The number of aliphatic hydroxyl groups is 2. The molecule has 13 heteroatoms. The summed E-state index contributed by atoms with van der Waals surface area (Å²) in [5, 5.41) is 29.5. The van der Waals surface area contributed by atoms with Crippen molar-refractivity contribution in [3.8, 4) is 0 Å². The van der Waals surface area contributed by atoms with E-state index in [4.69, 9.17) is 37.4 Å². The number of amides is 3. The molecule has 0 bridgehead atoms. The van der Waals surface area contributed by atoms with Gasteiger partial charge in [0.15, 0.2) is 12.4 Å². The van der Waals surface area contributed by atoms with Gasteiger partial charge in [-0.3, -0.25) is 15.4 Å². The summed E-state index contributed by atoms with van der Waals surface area (Å²) in [6.45, 7) is 4.27. The Morgan fingerprint density at radius 2 is 1.49 bits per heavy atom. The number of ether oxygens (including phenoxy) is 3. The predicted octanol–water partition coefficient (Wildman–Crippen LogP) is 3.36. The number of benzene rings is 2. The first-order chi connectivity index (χ1) is 17.4. The van der Waals surface area contributed by atoms with E-state index in [-0.39, 0.29) is 0 Å². The molecular formula is C24H27Cl2N3O8. The molecule has 1 fully saturated rings. The number of aliphatic hydroxyl groups excluding tert-OH is 2. The zero-order valence-electron chi connectivity index (χ0n) is 20.2. The Bertz CT molecular complexity index is 1160. The minimum atomic E-state index is -1.69. The normalized spacial score (nSPS) is 23.1. The summed E-state index contributed by atoms with van der Waals surface area (Å²) in [5.74, 6) is -0.565. The van der Waals surface area contributed by atoms with Gasteiger partial charge in [0.2, 0.25) is 5.91 Å². The number of carbonyl (C=O) groups is 3. The SMILES string of the molecule is CC(=O)N[C@@H]1[C@@H](OC(=O)Nc2ccc(C)c(Cl)c2)[C@H](O)[C@@H](COC(=O)Nc2ccc(C)c(Cl)c2)O[C@H]1O. The Hall–Kier alpha value is -3.09. The molecule has 2 aromatic carbocycles. The van der Waals surface area contributed by atoms with Gasteiger partial charge in [0, 0.05) is 28.3 Å². The number of rotatable bonds is 6. The van der Waals surface area contributed by atoms with Crippen LogP contribution in [0.5, 0.6) is 0 Å². The summed E-state index contributed by atoms with van der Waals surface area (Å²) in [7, 11) is 0. The van der Waals surface area contributed by atoms with Crippen LogP contribution in [0, 0.1) is 13.8 Å². The van der Waals surface area contributed by atoms with Crippen LogP contribution in [0.2, 0.25) is 10.0 Å².